The lowest BCUT2D eigenvalue weighted by Gasteiger charge is -2.10. The van der Waals surface area contributed by atoms with Crippen LogP contribution in [-0.4, -0.2) is 22.0 Å². The van der Waals surface area contributed by atoms with Crippen molar-refractivity contribution in [3.8, 4) is 0 Å². The number of H-pyrrole nitrogens is 1. The molecule has 5 heteroatoms. The molecule has 0 fully saturated rings. The number of para-hydroxylation sites is 2. The number of imidazole rings is 1. The standard InChI is InChI=1S/C15H16N4S/c1-10(16-2)11-7-8-17-14(9-11)20-15-18-12-5-3-4-6-13(12)19-15/h3-10,16H,1-2H3,(H,18,19). The third-order valence-corrected chi connectivity index (χ3v) is 4.08. The maximum absolute atomic E-state index is 4.55. The number of aromatic amines is 1. The number of nitrogens with one attached hydrogen (secondary N) is 2. The van der Waals surface area contributed by atoms with Gasteiger partial charge in [-0.3, -0.25) is 0 Å². The lowest BCUT2D eigenvalue weighted by atomic mass is 10.1. The minimum absolute atomic E-state index is 0.313. The fourth-order valence-corrected chi connectivity index (χ4v) is 2.80. The lowest BCUT2D eigenvalue weighted by molar-refractivity contribution is 0.649. The first-order valence-corrected chi connectivity index (χ1v) is 7.34. The van der Waals surface area contributed by atoms with E-state index < -0.39 is 0 Å². The van der Waals surface area contributed by atoms with Crippen LogP contribution in [0.5, 0.6) is 0 Å². The van der Waals surface area contributed by atoms with Gasteiger partial charge in [-0.05, 0) is 55.6 Å². The van der Waals surface area contributed by atoms with Crippen molar-refractivity contribution in [2.24, 2.45) is 0 Å². The first kappa shape index (κ1) is 13.1. The summed E-state index contributed by atoms with van der Waals surface area (Å²) < 4.78 is 0. The molecule has 3 aromatic rings. The number of hydrogen-bond acceptors (Lipinski definition) is 4. The van der Waals surface area contributed by atoms with Gasteiger partial charge in [0.1, 0.15) is 5.03 Å². The first-order valence-electron chi connectivity index (χ1n) is 6.52. The fraction of sp³-hybridized carbons (Fsp3) is 0.200. The molecule has 0 amide bonds. The van der Waals surface area contributed by atoms with Crippen LogP contribution in [0.2, 0.25) is 0 Å². The molecule has 0 aliphatic carbocycles. The van der Waals surface area contributed by atoms with Crippen molar-refractivity contribution in [3.63, 3.8) is 0 Å². The number of pyridine rings is 1. The quantitative estimate of drug-likeness (QED) is 0.771. The highest BCUT2D eigenvalue weighted by atomic mass is 32.2. The molecular formula is C15H16N4S. The Morgan fingerprint density at radius 1 is 1.25 bits per heavy atom. The molecule has 2 heterocycles. The van der Waals surface area contributed by atoms with Crippen LogP contribution in [0.3, 0.4) is 0 Å². The van der Waals surface area contributed by atoms with Gasteiger partial charge in [0.25, 0.3) is 0 Å². The molecule has 1 aromatic carbocycles. The Morgan fingerprint density at radius 3 is 2.90 bits per heavy atom. The number of rotatable bonds is 4. The van der Waals surface area contributed by atoms with Gasteiger partial charge in [-0.2, -0.15) is 0 Å². The molecule has 0 spiro atoms. The Hall–Kier alpha value is -1.85. The molecule has 0 saturated carbocycles. The van der Waals surface area contributed by atoms with Crippen LogP contribution in [0.25, 0.3) is 11.0 Å². The molecule has 2 aromatic heterocycles. The van der Waals surface area contributed by atoms with Crippen molar-refractivity contribution >= 4 is 22.8 Å². The lowest BCUT2D eigenvalue weighted by Crippen LogP contribution is -2.12. The summed E-state index contributed by atoms with van der Waals surface area (Å²) in [6.45, 7) is 2.13. The molecule has 1 atom stereocenters. The number of aromatic nitrogens is 3. The largest absolute Gasteiger partial charge is 0.333 e. The second-order valence-electron chi connectivity index (χ2n) is 4.60. The molecule has 0 radical (unpaired) electrons. The number of fused-ring (bicyclic) bond motifs is 1. The van der Waals surface area contributed by atoms with Crippen molar-refractivity contribution in [2.45, 2.75) is 23.1 Å². The number of hydrogen-bond donors (Lipinski definition) is 2. The molecule has 0 saturated heterocycles. The predicted octanol–water partition coefficient (Wildman–Crippen LogP) is 3.39. The summed E-state index contributed by atoms with van der Waals surface area (Å²) in [5.41, 5.74) is 3.26. The average Bonchev–Trinajstić information content (AvgIpc) is 2.88. The van der Waals surface area contributed by atoms with Gasteiger partial charge in [0.05, 0.1) is 11.0 Å². The zero-order valence-electron chi connectivity index (χ0n) is 11.4. The van der Waals surface area contributed by atoms with E-state index >= 15 is 0 Å². The zero-order valence-corrected chi connectivity index (χ0v) is 12.2. The van der Waals surface area contributed by atoms with Gasteiger partial charge in [0, 0.05) is 12.2 Å². The maximum atomic E-state index is 4.55. The molecule has 4 nitrogen and oxygen atoms in total. The Kier molecular flexibility index (Phi) is 3.71. The maximum Gasteiger partial charge on any atom is 0.172 e. The summed E-state index contributed by atoms with van der Waals surface area (Å²) in [5.74, 6) is 0. The van der Waals surface area contributed by atoms with Crippen molar-refractivity contribution in [2.75, 3.05) is 7.05 Å². The van der Waals surface area contributed by atoms with E-state index in [1.54, 1.807) is 11.8 Å². The van der Waals surface area contributed by atoms with Crippen LogP contribution in [0.15, 0.2) is 52.8 Å². The summed E-state index contributed by atoms with van der Waals surface area (Å²) >= 11 is 1.55. The third-order valence-electron chi connectivity index (χ3n) is 3.26. The van der Waals surface area contributed by atoms with Crippen LogP contribution in [-0.2, 0) is 0 Å². The van der Waals surface area contributed by atoms with Gasteiger partial charge in [-0.15, -0.1) is 0 Å². The van der Waals surface area contributed by atoms with Crippen molar-refractivity contribution in [3.05, 3.63) is 48.2 Å². The molecule has 2 N–H and O–H groups in total. The molecule has 1 unspecified atom stereocenters. The molecule has 102 valence electrons. The minimum atomic E-state index is 0.313. The van der Waals surface area contributed by atoms with E-state index in [-0.39, 0.29) is 0 Å². The minimum Gasteiger partial charge on any atom is -0.333 e. The molecule has 3 rings (SSSR count). The summed E-state index contributed by atoms with van der Waals surface area (Å²) in [5, 5.41) is 5.05. The topological polar surface area (TPSA) is 53.6 Å². The fourth-order valence-electron chi connectivity index (χ4n) is 1.99. The average molecular weight is 284 g/mol. The van der Waals surface area contributed by atoms with Gasteiger partial charge >= 0.3 is 0 Å². The molecule has 0 bridgehead atoms. The number of nitrogens with zero attached hydrogens (tertiary/aromatic N) is 2. The second kappa shape index (κ2) is 5.64. The summed E-state index contributed by atoms with van der Waals surface area (Å²) in [4.78, 5) is 12.3. The van der Waals surface area contributed by atoms with E-state index in [9.17, 15) is 0 Å². The van der Waals surface area contributed by atoms with Crippen molar-refractivity contribution < 1.29 is 0 Å². The predicted molar refractivity (Wildman–Crippen MR) is 81.9 cm³/mol. The highest BCUT2D eigenvalue weighted by molar-refractivity contribution is 7.99. The smallest absolute Gasteiger partial charge is 0.172 e. The molecular weight excluding hydrogens is 268 g/mol. The molecule has 20 heavy (non-hydrogen) atoms. The Labute approximate surface area is 122 Å². The van der Waals surface area contributed by atoms with Crippen LogP contribution < -0.4 is 5.32 Å². The van der Waals surface area contributed by atoms with E-state index in [1.807, 2.05) is 43.6 Å². The molecule has 0 aliphatic rings. The summed E-state index contributed by atoms with van der Waals surface area (Å²) in [6.07, 6.45) is 1.84. The van der Waals surface area contributed by atoms with Crippen LogP contribution in [0.1, 0.15) is 18.5 Å². The normalized spacial score (nSPS) is 12.7. The van der Waals surface area contributed by atoms with Crippen molar-refractivity contribution in [1.29, 1.82) is 0 Å². The Morgan fingerprint density at radius 2 is 2.10 bits per heavy atom. The van der Waals surface area contributed by atoms with E-state index in [0.29, 0.717) is 6.04 Å². The van der Waals surface area contributed by atoms with Crippen molar-refractivity contribution in [1.82, 2.24) is 20.3 Å². The number of benzene rings is 1. The van der Waals surface area contributed by atoms with Crippen LogP contribution in [0, 0.1) is 0 Å². The second-order valence-corrected chi connectivity index (χ2v) is 5.61. The van der Waals surface area contributed by atoms with Gasteiger partial charge in [-0.1, -0.05) is 12.1 Å². The molecule has 0 aliphatic heterocycles. The Balaban J connectivity index is 1.87. The van der Waals surface area contributed by atoms with E-state index in [2.05, 4.69) is 33.3 Å². The van der Waals surface area contributed by atoms with Gasteiger partial charge < -0.3 is 10.3 Å². The summed E-state index contributed by atoms with van der Waals surface area (Å²) in [6, 6.07) is 12.5. The highest BCUT2D eigenvalue weighted by Gasteiger charge is 2.08. The SMILES string of the molecule is CNC(C)c1ccnc(Sc2nc3ccccc3[nH]2)c1. The Bertz CT molecular complexity index is 689. The van der Waals surface area contributed by atoms with E-state index in [1.165, 1.54) is 5.56 Å². The summed E-state index contributed by atoms with van der Waals surface area (Å²) in [7, 11) is 1.96. The third kappa shape index (κ3) is 2.69. The van der Waals surface area contributed by atoms with Crippen LogP contribution in [0.4, 0.5) is 0 Å². The zero-order chi connectivity index (χ0) is 13.9. The van der Waals surface area contributed by atoms with E-state index in [0.717, 1.165) is 21.2 Å². The van der Waals surface area contributed by atoms with Gasteiger partial charge in [-0.25, -0.2) is 9.97 Å². The van der Waals surface area contributed by atoms with Gasteiger partial charge in [0.2, 0.25) is 0 Å². The first-order chi connectivity index (χ1) is 9.76. The van der Waals surface area contributed by atoms with Gasteiger partial charge in [0.15, 0.2) is 5.16 Å². The van der Waals surface area contributed by atoms with Crippen LogP contribution >= 0.6 is 11.8 Å². The highest BCUT2D eigenvalue weighted by Crippen LogP contribution is 2.27. The van der Waals surface area contributed by atoms with E-state index in [4.69, 9.17) is 0 Å². The monoisotopic (exact) mass is 284 g/mol.